The molecule has 0 radical (unpaired) electrons. The number of ether oxygens (including phenoxy) is 2. The number of amides is 1. The fourth-order valence-corrected chi connectivity index (χ4v) is 4.08. The molecule has 0 aliphatic heterocycles. The number of halogens is 5. The molecule has 0 bridgehead atoms. The zero-order valence-electron chi connectivity index (χ0n) is 21.8. The predicted octanol–water partition coefficient (Wildman–Crippen LogP) is 7.14. The van der Waals surface area contributed by atoms with Gasteiger partial charge in [0.05, 0.1) is 4.92 Å². The quantitative estimate of drug-likeness (QED) is 0.0943. The Hall–Kier alpha value is -4.50. The van der Waals surface area contributed by atoms with Crippen molar-refractivity contribution in [3.05, 3.63) is 92.7 Å². The van der Waals surface area contributed by atoms with Gasteiger partial charge in [0.15, 0.2) is 6.61 Å². The Labute approximate surface area is 245 Å². The van der Waals surface area contributed by atoms with Crippen molar-refractivity contribution < 1.29 is 36.8 Å². The number of nitro groups is 1. The first kappa shape index (κ1) is 32.0. The molecule has 0 unspecified atom stereocenters. The molecule has 1 amide bonds. The van der Waals surface area contributed by atoms with Crippen LogP contribution in [0.1, 0.15) is 18.9 Å². The monoisotopic (exact) mass is 627 g/mol. The van der Waals surface area contributed by atoms with Gasteiger partial charge in [0.25, 0.3) is 16.8 Å². The first-order valence-electron chi connectivity index (χ1n) is 11.8. The highest BCUT2D eigenvalue weighted by Gasteiger charge is 2.36. The number of nitro benzene ring substituents is 1. The lowest BCUT2D eigenvalue weighted by Gasteiger charge is -2.26. The van der Waals surface area contributed by atoms with E-state index in [2.05, 4.69) is 10.2 Å². The molecule has 0 spiro atoms. The number of nitrogens with zero attached hydrogens (tertiary/aromatic N) is 4. The van der Waals surface area contributed by atoms with Crippen molar-refractivity contribution in [2.24, 2.45) is 0 Å². The smallest absolute Gasteiger partial charge is 0.445 e. The summed E-state index contributed by atoms with van der Waals surface area (Å²) in [6.45, 7) is 2.98. The van der Waals surface area contributed by atoms with Crippen molar-refractivity contribution in [2.75, 3.05) is 17.2 Å². The molecule has 4 rings (SSSR count). The molecule has 0 fully saturated rings. The summed E-state index contributed by atoms with van der Waals surface area (Å²) in [7, 11) is 0. The highest BCUT2D eigenvalue weighted by Crippen LogP contribution is 2.39. The summed E-state index contributed by atoms with van der Waals surface area (Å²) in [6, 6.07) is 16.6. The molecule has 0 aliphatic rings. The minimum atomic E-state index is -4.61. The third-order valence-corrected chi connectivity index (χ3v) is 6.42. The molecule has 2 N–H and O–H groups in total. The Morgan fingerprint density at radius 1 is 1.10 bits per heavy atom. The van der Waals surface area contributed by atoms with Crippen LogP contribution < -0.4 is 20.1 Å². The lowest BCUT2D eigenvalue weighted by atomic mass is 10.2. The maximum absolute atomic E-state index is 13.0. The van der Waals surface area contributed by atoms with E-state index in [1.807, 2.05) is 6.07 Å². The normalized spacial score (nSPS) is 11.0. The first-order valence-corrected chi connectivity index (χ1v) is 13.0. The van der Waals surface area contributed by atoms with Crippen molar-refractivity contribution in [2.45, 2.75) is 26.1 Å². The summed E-state index contributed by atoms with van der Waals surface area (Å²) < 4.78 is 60.8. The highest BCUT2D eigenvalue weighted by molar-refractivity contribution is 7.13. The molecule has 222 valence electrons. The van der Waals surface area contributed by atoms with Gasteiger partial charge in [0.1, 0.15) is 28.0 Å². The predicted molar refractivity (Wildman–Crippen MR) is 148 cm³/mol. The topological polar surface area (TPSA) is 134 Å². The average Bonchev–Trinajstić information content (AvgIpc) is 3.42. The van der Waals surface area contributed by atoms with E-state index < -0.39 is 34.4 Å². The number of rotatable bonds is 8. The van der Waals surface area contributed by atoms with Gasteiger partial charge in [0.2, 0.25) is 5.01 Å². The molecule has 1 heterocycles. The van der Waals surface area contributed by atoms with E-state index in [4.69, 9.17) is 26.8 Å². The Kier molecular flexibility index (Phi) is 10.6. The van der Waals surface area contributed by atoms with Crippen LogP contribution in [0.4, 0.5) is 34.6 Å². The minimum Gasteiger partial charge on any atom is -0.459 e. The third kappa shape index (κ3) is 8.50. The zero-order chi connectivity index (χ0) is 31.0. The Bertz CT molecular complexity index is 1520. The van der Waals surface area contributed by atoms with Crippen LogP contribution in [0.3, 0.4) is 0 Å². The van der Waals surface area contributed by atoms with Crippen LogP contribution in [0, 0.1) is 15.9 Å². The fraction of sp³-hybridized carbons (Fsp3) is 0.192. The summed E-state index contributed by atoms with van der Waals surface area (Å²) >= 11 is 6.15. The number of carbonyl (C=O) groups excluding carboxylic acids is 1. The van der Waals surface area contributed by atoms with Crippen LogP contribution in [-0.4, -0.2) is 33.7 Å². The molecule has 10 nitrogen and oxygen atoms in total. The standard InChI is InChI=1S/C14H13F4N3O2S.C12H9ClN2O3/c1-8(2)21(10-5-3-9(15)4-6-10)11(22)7-23-13-20-19-12(24-13)14(16,17)18;13-11-10(18-8-4-2-1-3-5-8)7-6-9(12(11)14)15(16)17/h3-6,8H,7H2,1-2H3;1-7H,14H2. The number of aromatic nitrogens is 2. The molecule has 3 aromatic carbocycles. The lowest BCUT2D eigenvalue weighted by molar-refractivity contribution is -0.383. The number of alkyl halides is 3. The highest BCUT2D eigenvalue weighted by atomic mass is 35.5. The second kappa shape index (κ2) is 13.9. The lowest BCUT2D eigenvalue weighted by Crippen LogP contribution is -2.40. The largest absolute Gasteiger partial charge is 0.459 e. The van der Waals surface area contributed by atoms with Gasteiger partial charge in [-0.25, -0.2) is 4.39 Å². The van der Waals surface area contributed by atoms with Gasteiger partial charge in [-0.15, -0.1) is 5.10 Å². The van der Waals surface area contributed by atoms with Crippen LogP contribution in [0.15, 0.2) is 66.7 Å². The second-order valence-electron chi connectivity index (χ2n) is 8.48. The van der Waals surface area contributed by atoms with Crippen LogP contribution >= 0.6 is 22.9 Å². The van der Waals surface area contributed by atoms with Gasteiger partial charge in [-0.1, -0.05) is 46.2 Å². The van der Waals surface area contributed by atoms with Crippen molar-refractivity contribution in [1.29, 1.82) is 0 Å². The van der Waals surface area contributed by atoms with Crippen molar-refractivity contribution >= 4 is 45.9 Å². The van der Waals surface area contributed by atoms with E-state index in [1.54, 1.807) is 38.1 Å². The van der Waals surface area contributed by atoms with Crippen molar-refractivity contribution in [3.8, 4) is 16.7 Å². The van der Waals surface area contributed by atoms with Gasteiger partial charge in [0, 0.05) is 17.8 Å². The van der Waals surface area contributed by atoms with E-state index in [0.717, 1.165) is 0 Å². The summed E-state index contributed by atoms with van der Waals surface area (Å²) in [6.07, 6.45) is -4.61. The zero-order valence-corrected chi connectivity index (χ0v) is 23.4. The van der Waals surface area contributed by atoms with Crippen molar-refractivity contribution in [1.82, 2.24) is 10.2 Å². The number of anilines is 2. The molecule has 0 atom stereocenters. The van der Waals surface area contributed by atoms with Gasteiger partial charge in [-0.3, -0.25) is 14.9 Å². The summed E-state index contributed by atoms with van der Waals surface area (Å²) in [4.78, 5) is 23.7. The van der Waals surface area contributed by atoms with Gasteiger partial charge >= 0.3 is 6.18 Å². The van der Waals surface area contributed by atoms with Crippen LogP contribution in [-0.2, 0) is 11.0 Å². The van der Waals surface area contributed by atoms with Crippen molar-refractivity contribution in [3.63, 3.8) is 0 Å². The SMILES string of the molecule is CC(C)N(C(=O)COc1nnc(C(F)(F)F)s1)c1ccc(F)cc1.Nc1c([N+](=O)[O-])ccc(Oc2ccccc2)c1Cl. The Morgan fingerprint density at radius 3 is 2.29 bits per heavy atom. The minimum absolute atomic E-state index is 0.0352. The Balaban J connectivity index is 0.000000240. The van der Waals surface area contributed by atoms with E-state index >= 15 is 0 Å². The maximum Gasteiger partial charge on any atom is 0.445 e. The van der Waals surface area contributed by atoms with Gasteiger partial charge < -0.3 is 20.1 Å². The number of para-hydroxylation sites is 1. The molecule has 0 saturated carbocycles. The summed E-state index contributed by atoms with van der Waals surface area (Å²) in [5.41, 5.74) is 5.70. The van der Waals surface area contributed by atoms with Gasteiger partial charge in [-0.2, -0.15) is 13.2 Å². The van der Waals surface area contributed by atoms with Gasteiger partial charge in [-0.05, 0) is 56.3 Å². The van der Waals surface area contributed by atoms with E-state index in [1.165, 1.54) is 41.3 Å². The molecule has 0 aliphatic carbocycles. The maximum atomic E-state index is 13.0. The number of hydrogen-bond donors (Lipinski definition) is 1. The third-order valence-electron chi connectivity index (χ3n) is 5.15. The van der Waals surface area contributed by atoms with Crippen LogP contribution in [0.2, 0.25) is 5.02 Å². The average molecular weight is 628 g/mol. The number of nitrogens with two attached hydrogens (primary N) is 1. The van der Waals surface area contributed by atoms with E-state index in [9.17, 15) is 32.5 Å². The molecular weight excluding hydrogens is 606 g/mol. The number of nitrogen functional groups attached to an aromatic ring is 1. The molecular formula is C26H22ClF4N5O5S. The Morgan fingerprint density at radius 2 is 1.74 bits per heavy atom. The summed E-state index contributed by atoms with van der Waals surface area (Å²) in [5, 5.41) is 15.4. The molecule has 0 saturated heterocycles. The summed E-state index contributed by atoms with van der Waals surface area (Å²) in [5.74, 6) is -0.0846. The van der Waals surface area contributed by atoms with Crippen LogP contribution in [0.25, 0.3) is 0 Å². The number of benzene rings is 3. The first-order chi connectivity index (χ1) is 19.8. The molecule has 1 aromatic heterocycles. The number of carbonyl (C=O) groups is 1. The second-order valence-corrected chi connectivity index (χ2v) is 9.79. The molecule has 4 aromatic rings. The fourth-order valence-electron chi connectivity index (χ4n) is 3.32. The van der Waals surface area contributed by atoms with Crippen LogP contribution in [0.5, 0.6) is 16.7 Å². The van der Waals surface area contributed by atoms with E-state index in [-0.39, 0.29) is 44.7 Å². The van der Waals surface area contributed by atoms with E-state index in [0.29, 0.717) is 11.4 Å². The molecule has 42 heavy (non-hydrogen) atoms. The number of hydrogen-bond acceptors (Lipinski definition) is 9. The molecule has 16 heteroatoms.